The molecule has 17 heavy (non-hydrogen) atoms. The summed E-state index contributed by atoms with van der Waals surface area (Å²) < 4.78 is 5.59. The number of anilines is 1. The third-order valence-electron chi connectivity index (χ3n) is 2.51. The van der Waals surface area contributed by atoms with Crippen LogP contribution in [0.25, 0.3) is 0 Å². The lowest BCUT2D eigenvalue weighted by molar-refractivity contribution is 0.314. The standard InChI is InChI=1S/C11H15N5O/c12-10-4-8-6-14-7-9(8)5-11(10)17-3-1-2-15-16-13/h4-6H,1-3,7,12H2,(H2,13,15). The average Bonchev–Trinajstić information content (AvgIpc) is 2.76. The average molecular weight is 233 g/mol. The van der Waals surface area contributed by atoms with Crippen molar-refractivity contribution >= 4 is 11.9 Å². The van der Waals surface area contributed by atoms with E-state index in [4.69, 9.17) is 16.3 Å². The van der Waals surface area contributed by atoms with Gasteiger partial charge in [-0.1, -0.05) is 5.22 Å². The SMILES string of the molecule is NN=NCCCOc1cc2c(cc1N)C=NC2. The van der Waals surface area contributed by atoms with Crippen LogP contribution in [0.15, 0.2) is 27.5 Å². The summed E-state index contributed by atoms with van der Waals surface area (Å²) in [6, 6.07) is 3.84. The Morgan fingerprint density at radius 3 is 3.12 bits per heavy atom. The van der Waals surface area contributed by atoms with Crippen molar-refractivity contribution < 1.29 is 4.74 Å². The summed E-state index contributed by atoms with van der Waals surface area (Å²) in [4.78, 5) is 4.18. The maximum atomic E-state index is 5.89. The van der Waals surface area contributed by atoms with Gasteiger partial charge in [0.15, 0.2) is 0 Å². The Kier molecular flexibility index (Phi) is 3.54. The summed E-state index contributed by atoms with van der Waals surface area (Å²) in [5.41, 5.74) is 8.75. The molecule has 0 radical (unpaired) electrons. The zero-order chi connectivity index (χ0) is 12.1. The zero-order valence-corrected chi connectivity index (χ0v) is 9.47. The van der Waals surface area contributed by atoms with Gasteiger partial charge < -0.3 is 16.3 Å². The van der Waals surface area contributed by atoms with Gasteiger partial charge in [0.1, 0.15) is 5.75 Å². The number of benzene rings is 1. The number of hydrogen-bond donors (Lipinski definition) is 2. The fraction of sp³-hybridized carbons (Fsp3) is 0.364. The Bertz CT molecular complexity index is 455. The van der Waals surface area contributed by atoms with Crippen LogP contribution >= 0.6 is 0 Å². The van der Waals surface area contributed by atoms with Crippen molar-refractivity contribution in [2.75, 3.05) is 18.9 Å². The third kappa shape index (κ3) is 2.72. The molecule has 1 aliphatic rings. The van der Waals surface area contributed by atoms with Crippen molar-refractivity contribution in [3.63, 3.8) is 0 Å². The topological polar surface area (TPSA) is 98.3 Å². The number of aliphatic imine (C=N–C) groups is 1. The number of nitrogens with two attached hydrogens (primary N) is 2. The molecular weight excluding hydrogens is 218 g/mol. The van der Waals surface area contributed by atoms with E-state index in [0.717, 1.165) is 17.5 Å². The lowest BCUT2D eigenvalue weighted by Crippen LogP contribution is -2.03. The van der Waals surface area contributed by atoms with Crippen LogP contribution in [0, 0.1) is 0 Å². The van der Waals surface area contributed by atoms with E-state index in [1.165, 1.54) is 0 Å². The van der Waals surface area contributed by atoms with Crippen LogP contribution in [0.3, 0.4) is 0 Å². The molecule has 0 bridgehead atoms. The Labute approximate surface area is 99.4 Å². The van der Waals surface area contributed by atoms with Crippen molar-refractivity contribution in [2.45, 2.75) is 13.0 Å². The number of nitrogens with zero attached hydrogens (tertiary/aromatic N) is 3. The molecule has 6 nitrogen and oxygen atoms in total. The molecule has 1 aliphatic heterocycles. The highest BCUT2D eigenvalue weighted by atomic mass is 16.5. The molecule has 1 heterocycles. The summed E-state index contributed by atoms with van der Waals surface area (Å²) in [5, 5.41) is 6.83. The van der Waals surface area contributed by atoms with Crippen LogP contribution in [0.4, 0.5) is 5.69 Å². The first-order valence-electron chi connectivity index (χ1n) is 5.43. The molecule has 0 fully saturated rings. The van der Waals surface area contributed by atoms with Gasteiger partial charge in [-0.2, -0.15) is 5.11 Å². The highest BCUT2D eigenvalue weighted by molar-refractivity contribution is 5.86. The Morgan fingerprint density at radius 2 is 2.29 bits per heavy atom. The van der Waals surface area contributed by atoms with Gasteiger partial charge in [0.05, 0.1) is 25.4 Å². The second-order valence-electron chi connectivity index (χ2n) is 3.74. The van der Waals surface area contributed by atoms with Crippen molar-refractivity contribution in [3.05, 3.63) is 23.3 Å². The lowest BCUT2D eigenvalue weighted by atomic mass is 10.1. The van der Waals surface area contributed by atoms with E-state index in [1.54, 1.807) is 0 Å². The maximum absolute atomic E-state index is 5.89. The maximum Gasteiger partial charge on any atom is 0.142 e. The predicted molar refractivity (Wildman–Crippen MR) is 66.2 cm³/mol. The van der Waals surface area contributed by atoms with Crippen molar-refractivity contribution in [1.82, 2.24) is 0 Å². The van der Waals surface area contributed by atoms with Crippen LogP contribution in [0.5, 0.6) is 5.75 Å². The largest absolute Gasteiger partial charge is 0.491 e. The quantitative estimate of drug-likeness (QED) is 0.263. The van der Waals surface area contributed by atoms with Gasteiger partial charge in [0.2, 0.25) is 0 Å². The van der Waals surface area contributed by atoms with E-state index in [2.05, 4.69) is 15.3 Å². The molecule has 0 aromatic heterocycles. The van der Waals surface area contributed by atoms with E-state index in [-0.39, 0.29) is 0 Å². The van der Waals surface area contributed by atoms with Gasteiger partial charge in [0, 0.05) is 12.6 Å². The summed E-state index contributed by atoms with van der Waals surface area (Å²) in [5.74, 6) is 5.60. The number of nitrogen functional groups attached to an aromatic ring is 1. The zero-order valence-electron chi connectivity index (χ0n) is 9.47. The van der Waals surface area contributed by atoms with Crippen LogP contribution < -0.4 is 16.3 Å². The molecule has 0 spiro atoms. The molecule has 1 aromatic carbocycles. The summed E-state index contributed by atoms with van der Waals surface area (Å²) in [7, 11) is 0. The van der Waals surface area contributed by atoms with Gasteiger partial charge in [-0.3, -0.25) is 4.99 Å². The molecule has 4 N–H and O–H groups in total. The van der Waals surface area contributed by atoms with Gasteiger partial charge >= 0.3 is 0 Å². The second kappa shape index (κ2) is 5.29. The van der Waals surface area contributed by atoms with E-state index in [1.807, 2.05) is 18.3 Å². The van der Waals surface area contributed by atoms with Gasteiger partial charge in [0.25, 0.3) is 0 Å². The second-order valence-corrected chi connectivity index (χ2v) is 3.74. The van der Waals surface area contributed by atoms with Crippen LogP contribution in [0.1, 0.15) is 17.5 Å². The molecule has 90 valence electrons. The van der Waals surface area contributed by atoms with E-state index in [0.29, 0.717) is 31.1 Å². The normalized spacial score (nSPS) is 13.2. The third-order valence-corrected chi connectivity index (χ3v) is 2.51. The molecule has 2 rings (SSSR count). The first-order chi connectivity index (χ1) is 8.31. The Morgan fingerprint density at radius 1 is 1.41 bits per heavy atom. The Balaban J connectivity index is 1.93. The summed E-state index contributed by atoms with van der Waals surface area (Å²) in [6.07, 6.45) is 2.59. The molecule has 6 heteroatoms. The summed E-state index contributed by atoms with van der Waals surface area (Å²) >= 11 is 0. The summed E-state index contributed by atoms with van der Waals surface area (Å²) in [6.45, 7) is 1.81. The van der Waals surface area contributed by atoms with Gasteiger partial charge in [-0.15, -0.1) is 0 Å². The van der Waals surface area contributed by atoms with Crippen LogP contribution in [-0.2, 0) is 6.54 Å². The van der Waals surface area contributed by atoms with E-state index < -0.39 is 0 Å². The highest BCUT2D eigenvalue weighted by Gasteiger charge is 2.10. The minimum absolute atomic E-state index is 0.545. The van der Waals surface area contributed by atoms with Gasteiger partial charge in [-0.25, -0.2) is 0 Å². The van der Waals surface area contributed by atoms with Crippen molar-refractivity contribution in [2.24, 2.45) is 21.2 Å². The lowest BCUT2D eigenvalue weighted by Gasteiger charge is -2.10. The van der Waals surface area contributed by atoms with Gasteiger partial charge in [-0.05, 0) is 23.3 Å². The molecule has 0 saturated carbocycles. The fourth-order valence-corrected chi connectivity index (χ4v) is 1.66. The number of ether oxygens (including phenoxy) is 1. The monoisotopic (exact) mass is 233 g/mol. The Hall–Kier alpha value is -2.11. The molecule has 0 unspecified atom stereocenters. The number of rotatable bonds is 5. The molecule has 1 aromatic rings. The fourth-order valence-electron chi connectivity index (χ4n) is 1.66. The highest BCUT2D eigenvalue weighted by Crippen LogP contribution is 2.28. The van der Waals surface area contributed by atoms with Crippen molar-refractivity contribution in [1.29, 1.82) is 0 Å². The van der Waals surface area contributed by atoms with E-state index in [9.17, 15) is 0 Å². The smallest absolute Gasteiger partial charge is 0.142 e. The minimum Gasteiger partial charge on any atom is -0.491 e. The van der Waals surface area contributed by atoms with Crippen LogP contribution in [-0.4, -0.2) is 19.4 Å². The van der Waals surface area contributed by atoms with Crippen LogP contribution in [0.2, 0.25) is 0 Å². The molecule has 0 amide bonds. The van der Waals surface area contributed by atoms with Crippen molar-refractivity contribution in [3.8, 4) is 5.75 Å². The first-order valence-corrected chi connectivity index (χ1v) is 5.43. The molecule has 0 atom stereocenters. The minimum atomic E-state index is 0.545. The number of fused-ring (bicyclic) bond motifs is 1. The van der Waals surface area contributed by atoms with E-state index >= 15 is 0 Å². The predicted octanol–water partition coefficient (Wildman–Crippen LogP) is 1.30. The number of hydrogen-bond acceptors (Lipinski definition) is 5. The molecule has 0 saturated heterocycles. The molecular formula is C11H15N5O. The molecule has 0 aliphatic carbocycles. The first kappa shape index (κ1) is 11.4.